The second kappa shape index (κ2) is 6.07. The van der Waals surface area contributed by atoms with E-state index in [9.17, 15) is 8.42 Å². The van der Waals surface area contributed by atoms with Gasteiger partial charge in [0.15, 0.2) is 0 Å². The first kappa shape index (κ1) is 14.4. The molecule has 108 valence electrons. The highest BCUT2D eigenvalue weighted by molar-refractivity contribution is 7.91. The van der Waals surface area contributed by atoms with Gasteiger partial charge in [0.05, 0.1) is 5.69 Å². The molecule has 0 aliphatic rings. The fourth-order valence-corrected chi connectivity index (χ4v) is 4.59. The van der Waals surface area contributed by atoms with E-state index in [-0.39, 0.29) is 6.54 Å². The number of thiophene rings is 2. The summed E-state index contributed by atoms with van der Waals surface area (Å²) < 4.78 is 27.2. The van der Waals surface area contributed by atoms with Crippen molar-refractivity contribution in [2.75, 3.05) is 0 Å². The Labute approximate surface area is 131 Å². The monoisotopic (exact) mass is 336 g/mol. The molecule has 0 amide bonds. The van der Waals surface area contributed by atoms with Gasteiger partial charge in [-0.15, -0.1) is 11.3 Å². The van der Waals surface area contributed by atoms with Crippen LogP contribution in [0, 0.1) is 0 Å². The number of nitrogens with one attached hydrogen (secondary N) is 1. The van der Waals surface area contributed by atoms with E-state index in [0.717, 1.165) is 16.8 Å². The van der Waals surface area contributed by atoms with Crippen molar-refractivity contribution in [1.29, 1.82) is 0 Å². The van der Waals surface area contributed by atoms with Crippen LogP contribution in [0.3, 0.4) is 0 Å². The zero-order valence-corrected chi connectivity index (χ0v) is 13.3. The highest BCUT2D eigenvalue weighted by Crippen LogP contribution is 2.24. The first-order chi connectivity index (χ1) is 10.2. The van der Waals surface area contributed by atoms with Gasteiger partial charge in [0.2, 0.25) is 10.0 Å². The van der Waals surface area contributed by atoms with E-state index in [1.54, 1.807) is 35.0 Å². The maximum Gasteiger partial charge on any atom is 0.250 e. The van der Waals surface area contributed by atoms with Crippen LogP contribution in [0.1, 0.15) is 5.56 Å². The highest BCUT2D eigenvalue weighted by Gasteiger charge is 2.16. The van der Waals surface area contributed by atoms with Crippen molar-refractivity contribution in [2.45, 2.75) is 10.8 Å². The number of hydrogen-bond acceptors (Lipinski definition) is 5. The van der Waals surface area contributed by atoms with Crippen LogP contribution in [0.25, 0.3) is 11.3 Å². The van der Waals surface area contributed by atoms with Gasteiger partial charge in [-0.3, -0.25) is 4.98 Å². The molecule has 7 heteroatoms. The molecule has 0 spiro atoms. The topological polar surface area (TPSA) is 59.1 Å². The Morgan fingerprint density at radius 3 is 2.76 bits per heavy atom. The molecule has 21 heavy (non-hydrogen) atoms. The average molecular weight is 336 g/mol. The van der Waals surface area contributed by atoms with E-state index < -0.39 is 10.0 Å². The summed E-state index contributed by atoms with van der Waals surface area (Å²) in [5.41, 5.74) is 2.68. The Hall–Kier alpha value is -1.54. The molecular formula is C14H12N2O2S3. The third-order valence-corrected chi connectivity index (χ3v) is 6.38. The zero-order chi connectivity index (χ0) is 14.7. The van der Waals surface area contributed by atoms with Crippen LogP contribution in [-0.2, 0) is 16.6 Å². The van der Waals surface area contributed by atoms with Crippen LogP contribution in [0.15, 0.2) is 56.9 Å². The van der Waals surface area contributed by atoms with E-state index in [1.165, 1.54) is 11.3 Å². The van der Waals surface area contributed by atoms with Gasteiger partial charge in [-0.05, 0) is 34.5 Å². The fourth-order valence-electron chi connectivity index (χ4n) is 1.90. The van der Waals surface area contributed by atoms with Crippen molar-refractivity contribution < 1.29 is 8.42 Å². The Morgan fingerprint density at radius 2 is 2.05 bits per heavy atom. The minimum Gasteiger partial charge on any atom is -0.256 e. The second-order valence-electron chi connectivity index (χ2n) is 4.28. The Bertz CT molecular complexity index is 810. The summed E-state index contributed by atoms with van der Waals surface area (Å²) >= 11 is 2.79. The van der Waals surface area contributed by atoms with Gasteiger partial charge in [-0.2, -0.15) is 11.3 Å². The average Bonchev–Trinajstić information content (AvgIpc) is 3.18. The second-order valence-corrected chi connectivity index (χ2v) is 8.00. The summed E-state index contributed by atoms with van der Waals surface area (Å²) in [7, 11) is -3.46. The summed E-state index contributed by atoms with van der Waals surface area (Å²) in [5, 5.41) is 5.72. The predicted molar refractivity (Wildman–Crippen MR) is 85.9 cm³/mol. The molecular weight excluding hydrogens is 324 g/mol. The van der Waals surface area contributed by atoms with E-state index in [2.05, 4.69) is 9.71 Å². The Balaban J connectivity index is 1.84. The Morgan fingerprint density at radius 1 is 1.14 bits per heavy atom. The van der Waals surface area contributed by atoms with E-state index in [4.69, 9.17) is 0 Å². The van der Waals surface area contributed by atoms with Gasteiger partial charge in [-0.1, -0.05) is 12.1 Å². The summed E-state index contributed by atoms with van der Waals surface area (Å²) in [6.45, 7) is 0.221. The van der Waals surface area contributed by atoms with Gasteiger partial charge in [0.25, 0.3) is 0 Å². The lowest BCUT2D eigenvalue weighted by Gasteiger charge is -2.08. The van der Waals surface area contributed by atoms with Crippen LogP contribution in [0.5, 0.6) is 0 Å². The summed E-state index contributed by atoms with van der Waals surface area (Å²) in [4.78, 5) is 4.36. The molecule has 3 aromatic heterocycles. The first-order valence-corrected chi connectivity index (χ1v) is 9.47. The molecule has 3 heterocycles. The maximum atomic E-state index is 12.1. The molecule has 0 saturated heterocycles. The van der Waals surface area contributed by atoms with E-state index in [0.29, 0.717) is 4.21 Å². The standard InChI is InChI=1S/C14H12N2O2S3/c17-21(18,13-4-2-7-20-13)16-9-11-3-1-6-15-14(11)12-5-8-19-10-12/h1-8,10,16H,9H2. The van der Waals surface area contributed by atoms with Gasteiger partial charge in [0, 0.05) is 23.7 Å². The molecule has 0 unspecified atom stereocenters. The number of hydrogen-bond donors (Lipinski definition) is 1. The Kier molecular flexibility index (Phi) is 4.16. The van der Waals surface area contributed by atoms with Crippen molar-refractivity contribution >= 4 is 32.7 Å². The number of pyridine rings is 1. The van der Waals surface area contributed by atoms with E-state index in [1.807, 2.05) is 29.0 Å². The summed E-state index contributed by atoms with van der Waals surface area (Å²) in [5.74, 6) is 0. The zero-order valence-electron chi connectivity index (χ0n) is 10.9. The van der Waals surface area contributed by atoms with E-state index >= 15 is 0 Å². The minimum atomic E-state index is -3.46. The SMILES string of the molecule is O=S(=O)(NCc1cccnc1-c1ccsc1)c1cccs1. The largest absolute Gasteiger partial charge is 0.256 e. The van der Waals surface area contributed by atoms with Crippen molar-refractivity contribution in [3.63, 3.8) is 0 Å². The van der Waals surface area contributed by atoms with Gasteiger partial charge in [-0.25, -0.2) is 13.1 Å². The molecule has 0 saturated carbocycles. The third kappa shape index (κ3) is 3.21. The normalized spacial score (nSPS) is 11.6. The quantitative estimate of drug-likeness (QED) is 0.777. The lowest BCUT2D eigenvalue weighted by Crippen LogP contribution is -2.22. The smallest absolute Gasteiger partial charge is 0.250 e. The molecule has 0 atom stereocenters. The molecule has 0 radical (unpaired) electrons. The van der Waals surface area contributed by atoms with Crippen molar-refractivity contribution in [3.8, 4) is 11.3 Å². The van der Waals surface area contributed by atoms with Crippen LogP contribution >= 0.6 is 22.7 Å². The molecule has 0 bridgehead atoms. The van der Waals surface area contributed by atoms with Crippen LogP contribution in [0.4, 0.5) is 0 Å². The third-order valence-electron chi connectivity index (χ3n) is 2.90. The number of rotatable bonds is 5. The fraction of sp³-hybridized carbons (Fsp3) is 0.0714. The first-order valence-electron chi connectivity index (χ1n) is 6.16. The van der Waals surface area contributed by atoms with Gasteiger partial charge < -0.3 is 0 Å². The lowest BCUT2D eigenvalue weighted by atomic mass is 10.1. The number of nitrogens with zero attached hydrogens (tertiary/aromatic N) is 1. The highest BCUT2D eigenvalue weighted by atomic mass is 32.2. The van der Waals surface area contributed by atoms with Gasteiger partial charge >= 0.3 is 0 Å². The molecule has 4 nitrogen and oxygen atoms in total. The molecule has 0 aromatic carbocycles. The molecule has 1 N–H and O–H groups in total. The lowest BCUT2D eigenvalue weighted by molar-refractivity contribution is 0.583. The van der Waals surface area contributed by atoms with Crippen molar-refractivity contribution in [3.05, 3.63) is 58.2 Å². The molecule has 0 fully saturated rings. The summed E-state index contributed by atoms with van der Waals surface area (Å²) in [6, 6.07) is 8.99. The van der Waals surface area contributed by atoms with Crippen LogP contribution < -0.4 is 4.72 Å². The molecule has 0 aliphatic carbocycles. The number of sulfonamides is 1. The maximum absolute atomic E-state index is 12.1. The predicted octanol–water partition coefficient (Wildman–Crippen LogP) is 3.35. The minimum absolute atomic E-state index is 0.221. The number of aromatic nitrogens is 1. The van der Waals surface area contributed by atoms with Crippen LogP contribution in [0.2, 0.25) is 0 Å². The molecule has 3 aromatic rings. The van der Waals surface area contributed by atoms with Gasteiger partial charge in [0.1, 0.15) is 4.21 Å². The van der Waals surface area contributed by atoms with Crippen molar-refractivity contribution in [2.24, 2.45) is 0 Å². The molecule has 3 rings (SSSR count). The molecule has 0 aliphatic heterocycles. The summed E-state index contributed by atoms with van der Waals surface area (Å²) in [6.07, 6.45) is 1.71. The van der Waals surface area contributed by atoms with Crippen molar-refractivity contribution in [1.82, 2.24) is 9.71 Å². The van der Waals surface area contributed by atoms with Crippen LogP contribution in [-0.4, -0.2) is 13.4 Å².